The molecule has 1 atom stereocenters. The molecule has 1 aliphatic carbocycles. The van der Waals surface area contributed by atoms with Gasteiger partial charge in [-0.15, -0.1) is 0 Å². The van der Waals surface area contributed by atoms with Crippen LogP contribution in [0.5, 0.6) is 6.01 Å². The highest BCUT2D eigenvalue weighted by atomic mass is 16.5. The molecule has 0 N–H and O–H groups in total. The van der Waals surface area contributed by atoms with Gasteiger partial charge < -0.3 is 24.3 Å². The van der Waals surface area contributed by atoms with Crippen LogP contribution >= 0.6 is 0 Å². The predicted octanol–water partition coefficient (Wildman–Crippen LogP) is 3.71. The summed E-state index contributed by atoms with van der Waals surface area (Å²) in [6.45, 7) is 9.66. The zero-order valence-electron chi connectivity index (χ0n) is 25.7. The Balaban J connectivity index is 0.000000390. The van der Waals surface area contributed by atoms with Crippen molar-refractivity contribution in [3.8, 4) is 23.9 Å². The second-order valence-electron chi connectivity index (χ2n) is 11.2. The van der Waals surface area contributed by atoms with Gasteiger partial charge in [0.1, 0.15) is 5.82 Å². The molecule has 9 heteroatoms. The number of benzene rings is 1. The Labute approximate surface area is 251 Å². The van der Waals surface area contributed by atoms with Crippen molar-refractivity contribution < 1.29 is 9.53 Å². The van der Waals surface area contributed by atoms with Crippen molar-refractivity contribution in [1.29, 1.82) is 5.26 Å². The van der Waals surface area contributed by atoms with E-state index in [1.165, 1.54) is 56.1 Å². The van der Waals surface area contributed by atoms with Crippen LogP contribution in [0.2, 0.25) is 0 Å². The lowest BCUT2D eigenvalue weighted by Gasteiger charge is -2.41. The summed E-state index contributed by atoms with van der Waals surface area (Å²) in [6, 6.07) is 11.4. The van der Waals surface area contributed by atoms with Gasteiger partial charge in [-0.3, -0.25) is 4.79 Å². The Kier molecular flexibility index (Phi) is 11.4. The summed E-state index contributed by atoms with van der Waals surface area (Å²) in [7, 11) is 3.81. The molecule has 1 amide bonds. The van der Waals surface area contributed by atoms with Crippen molar-refractivity contribution in [1.82, 2.24) is 19.8 Å². The number of para-hydroxylation sites is 1. The summed E-state index contributed by atoms with van der Waals surface area (Å²) in [5.74, 6) is 6.24. The molecule has 0 saturated carbocycles. The van der Waals surface area contributed by atoms with Gasteiger partial charge in [-0.1, -0.05) is 24.1 Å². The Hall–Kier alpha value is -3.82. The number of nitrogens with zero attached hydrogens (tertiary/aromatic N) is 7. The van der Waals surface area contributed by atoms with E-state index >= 15 is 0 Å². The van der Waals surface area contributed by atoms with Crippen LogP contribution < -0.4 is 14.5 Å². The normalized spacial score (nSPS) is 19.4. The molecule has 2 fully saturated rings. The van der Waals surface area contributed by atoms with Crippen LogP contribution in [0, 0.1) is 23.2 Å². The molecular weight excluding hydrogens is 526 g/mol. The third-order valence-electron chi connectivity index (χ3n) is 8.40. The molecule has 0 bridgehead atoms. The number of amides is 1. The van der Waals surface area contributed by atoms with Crippen LogP contribution in [-0.2, 0) is 24.1 Å². The molecule has 9 nitrogen and oxygen atoms in total. The molecule has 6 rings (SSSR count). The fourth-order valence-corrected chi connectivity index (χ4v) is 6.30. The highest BCUT2D eigenvalue weighted by Gasteiger charge is 2.32. The lowest BCUT2D eigenvalue weighted by molar-refractivity contribution is -0.125. The smallest absolute Gasteiger partial charge is 0.318 e. The molecule has 1 unspecified atom stereocenters. The zero-order valence-corrected chi connectivity index (χ0v) is 25.7. The summed E-state index contributed by atoms with van der Waals surface area (Å²) >= 11 is 0. The number of carbonyl (C=O) groups excluding carboxylic acids is 1. The highest BCUT2D eigenvalue weighted by molar-refractivity contribution is 5.93. The maximum absolute atomic E-state index is 12.1. The molecular formula is C33H45N7O2. The van der Waals surface area contributed by atoms with Crippen molar-refractivity contribution in [2.75, 3.05) is 69.8 Å². The Morgan fingerprint density at radius 2 is 1.69 bits per heavy atom. The van der Waals surface area contributed by atoms with Crippen LogP contribution in [0.15, 0.2) is 24.3 Å². The molecule has 4 aliphatic rings. The van der Waals surface area contributed by atoms with E-state index in [0.717, 1.165) is 56.8 Å². The van der Waals surface area contributed by atoms with Gasteiger partial charge in [0, 0.05) is 63.4 Å². The largest absolute Gasteiger partial charge is 0.467 e. The number of ether oxygens (including phenoxy) is 1. The summed E-state index contributed by atoms with van der Waals surface area (Å²) in [5, 5.41) is 7.32. The molecule has 224 valence electrons. The Morgan fingerprint density at radius 3 is 2.33 bits per heavy atom. The molecule has 1 aromatic carbocycles. The summed E-state index contributed by atoms with van der Waals surface area (Å²) in [6.07, 6.45) is 8.14. The van der Waals surface area contributed by atoms with E-state index in [2.05, 4.69) is 57.9 Å². The van der Waals surface area contributed by atoms with Crippen LogP contribution in [0.3, 0.4) is 0 Å². The van der Waals surface area contributed by atoms with Crippen LogP contribution in [0.1, 0.15) is 56.4 Å². The van der Waals surface area contributed by atoms with Crippen molar-refractivity contribution in [3.05, 3.63) is 41.1 Å². The molecule has 1 aromatic heterocycles. The molecule has 2 saturated heterocycles. The van der Waals surface area contributed by atoms with Gasteiger partial charge in [0.2, 0.25) is 0 Å². The fraction of sp³-hybridized carbons (Fsp3) is 0.576. The van der Waals surface area contributed by atoms with Gasteiger partial charge in [-0.05, 0) is 83.1 Å². The minimum atomic E-state index is -0.0934. The summed E-state index contributed by atoms with van der Waals surface area (Å²) in [5.41, 5.74) is 5.18. The van der Waals surface area contributed by atoms with E-state index in [0.29, 0.717) is 25.1 Å². The molecule has 0 radical (unpaired) electrons. The number of fused-ring (bicyclic) bond motifs is 2. The first-order valence-corrected chi connectivity index (χ1v) is 15.2. The van der Waals surface area contributed by atoms with E-state index in [1.54, 1.807) is 20.1 Å². The van der Waals surface area contributed by atoms with Gasteiger partial charge >= 0.3 is 6.01 Å². The molecule has 4 heterocycles. The van der Waals surface area contributed by atoms with Crippen molar-refractivity contribution >= 4 is 17.4 Å². The maximum atomic E-state index is 12.1. The molecule has 2 aromatic rings. The number of aryl methyl sites for hydroxylation is 1. The fourth-order valence-electron chi connectivity index (χ4n) is 6.30. The van der Waals surface area contributed by atoms with E-state index in [1.807, 2.05) is 4.90 Å². The number of nitriles is 1. The third-order valence-corrected chi connectivity index (χ3v) is 8.40. The van der Waals surface area contributed by atoms with Crippen molar-refractivity contribution in [2.24, 2.45) is 0 Å². The summed E-state index contributed by atoms with van der Waals surface area (Å²) in [4.78, 5) is 30.7. The Morgan fingerprint density at radius 1 is 0.976 bits per heavy atom. The molecule has 3 aliphatic heterocycles. The van der Waals surface area contributed by atoms with Crippen molar-refractivity contribution in [2.45, 2.75) is 64.8 Å². The topological polar surface area (TPSA) is 88.8 Å². The number of rotatable bonds is 3. The second kappa shape index (κ2) is 15.4. The number of piperazine rings is 1. The van der Waals surface area contributed by atoms with Gasteiger partial charge in [0.15, 0.2) is 0 Å². The van der Waals surface area contributed by atoms with E-state index in [9.17, 15) is 4.79 Å². The number of likely N-dealkylation sites (tertiary alicyclic amines) is 1. The van der Waals surface area contributed by atoms with Gasteiger partial charge in [-0.25, -0.2) is 0 Å². The first kappa shape index (κ1) is 31.1. The number of aromatic nitrogens is 2. The number of hydrogen-bond donors (Lipinski definition) is 0. The maximum Gasteiger partial charge on any atom is 0.318 e. The van der Waals surface area contributed by atoms with E-state index in [-0.39, 0.29) is 5.91 Å². The first-order valence-electron chi connectivity index (χ1n) is 15.2. The standard InChI is InChI=1S/C26H31N5O2.C5H11N.C2H3N/c1-3-7-24(32)29-14-16-30(17-15-29)25-21-12-11-20(18-22(21)27-26(28-25)33-2)31-13-6-9-19-8-4-5-10-23(19)31;1-6-4-2-3-5-6;1-2-3/h4-5,8,10,20H,6,9,11-18H2,1-2H3;2-5H2,1H3;1H3. The number of carbonyl (C=O) groups is 1. The van der Waals surface area contributed by atoms with Crippen molar-refractivity contribution in [3.63, 3.8) is 0 Å². The number of methoxy groups -OCH3 is 1. The summed E-state index contributed by atoms with van der Waals surface area (Å²) < 4.78 is 5.49. The highest BCUT2D eigenvalue weighted by Crippen LogP contribution is 2.36. The lowest BCUT2D eigenvalue weighted by Crippen LogP contribution is -2.49. The van der Waals surface area contributed by atoms with Gasteiger partial charge in [0.25, 0.3) is 5.91 Å². The number of anilines is 2. The minimum Gasteiger partial charge on any atom is -0.467 e. The zero-order chi connectivity index (χ0) is 29.9. The quantitative estimate of drug-likeness (QED) is 0.516. The SMILES string of the molecule is CC#CC(=O)N1CCN(c2nc(OC)nc3c2CCC(N2CCCc4ccccc42)C3)CC1.CC#N.CN1CCCC1. The van der Waals surface area contributed by atoms with Crippen LogP contribution in [0.4, 0.5) is 11.5 Å². The van der Waals surface area contributed by atoms with Crippen LogP contribution in [-0.4, -0.2) is 91.7 Å². The van der Waals surface area contributed by atoms with E-state index < -0.39 is 0 Å². The second-order valence-corrected chi connectivity index (χ2v) is 11.2. The lowest BCUT2D eigenvalue weighted by atomic mass is 9.88. The van der Waals surface area contributed by atoms with Crippen LogP contribution in [0.25, 0.3) is 0 Å². The van der Waals surface area contributed by atoms with E-state index in [4.69, 9.17) is 20.0 Å². The monoisotopic (exact) mass is 571 g/mol. The van der Waals surface area contributed by atoms with Gasteiger partial charge in [-0.2, -0.15) is 15.2 Å². The predicted molar refractivity (Wildman–Crippen MR) is 167 cm³/mol. The first-order chi connectivity index (χ1) is 20.5. The minimum absolute atomic E-state index is 0.0934. The van der Waals surface area contributed by atoms with Gasteiger partial charge in [0.05, 0.1) is 18.9 Å². The molecule has 42 heavy (non-hydrogen) atoms. The average molecular weight is 572 g/mol. The average Bonchev–Trinajstić information content (AvgIpc) is 3.51. The number of hydrogen-bond acceptors (Lipinski definition) is 8. The Bertz CT molecular complexity index is 1300. The third kappa shape index (κ3) is 7.72. The molecule has 0 spiro atoms.